The number of rotatable bonds is 6. The van der Waals surface area contributed by atoms with Crippen LogP contribution in [0.25, 0.3) is 0 Å². The standard InChI is InChI=1S/C17H33NO2/c1-4-18-16(13-19-14(2)3)15-8-11-20-17(12-15)9-6-5-7-10-17/h14-16,18H,4-13H2,1-3H3. The summed E-state index contributed by atoms with van der Waals surface area (Å²) < 4.78 is 12.1. The molecule has 2 unspecified atom stereocenters. The summed E-state index contributed by atoms with van der Waals surface area (Å²) in [5.74, 6) is 0.709. The molecule has 1 N–H and O–H groups in total. The molecule has 1 spiro atoms. The Morgan fingerprint density at radius 2 is 2.00 bits per heavy atom. The van der Waals surface area contributed by atoms with Gasteiger partial charge in [-0.1, -0.05) is 26.2 Å². The summed E-state index contributed by atoms with van der Waals surface area (Å²) in [6, 6.07) is 0.491. The Hall–Kier alpha value is -0.120. The quantitative estimate of drug-likeness (QED) is 0.809. The zero-order chi connectivity index (χ0) is 14.4. The molecule has 3 heteroatoms. The van der Waals surface area contributed by atoms with Gasteiger partial charge in [-0.25, -0.2) is 0 Å². The molecule has 1 saturated heterocycles. The average molecular weight is 283 g/mol. The summed E-state index contributed by atoms with van der Waals surface area (Å²) >= 11 is 0. The van der Waals surface area contributed by atoms with Crippen molar-refractivity contribution in [2.24, 2.45) is 5.92 Å². The van der Waals surface area contributed by atoms with Gasteiger partial charge >= 0.3 is 0 Å². The smallest absolute Gasteiger partial charge is 0.0685 e. The molecule has 0 aromatic carbocycles. The molecule has 0 amide bonds. The van der Waals surface area contributed by atoms with Gasteiger partial charge in [-0.15, -0.1) is 0 Å². The first kappa shape index (κ1) is 16.3. The number of ether oxygens (including phenoxy) is 2. The van der Waals surface area contributed by atoms with E-state index in [9.17, 15) is 0 Å². The van der Waals surface area contributed by atoms with Crippen LogP contribution < -0.4 is 5.32 Å². The van der Waals surface area contributed by atoms with Crippen molar-refractivity contribution in [3.63, 3.8) is 0 Å². The second kappa shape index (κ2) is 7.77. The maximum absolute atomic E-state index is 6.22. The molecule has 2 fully saturated rings. The fourth-order valence-electron chi connectivity index (χ4n) is 3.87. The summed E-state index contributed by atoms with van der Waals surface area (Å²) in [5, 5.41) is 3.65. The number of hydrogen-bond donors (Lipinski definition) is 1. The highest BCUT2D eigenvalue weighted by molar-refractivity contribution is 4.93. The number of hydrogen-bond acceptors (Lipinski definition) is 3. The Morgan fingerprint density at radius 3 is 2.65 bits per heavy atom. The van der Waals surface area contributed by atoms with Crippen molar-refractivity contribution in [1.29, 1.82) is 0 Å². The van der Waals surface area contributed by atoms with Crippen LogP contribution >= 0.6 is 0 Å². The Bertz CT molecular complexity index is 269. The van der Waals surface area contributed by atoms with E-state index in [-0.39, 0.29) is 5.60 Å². The molecule has 2 aliphatic rings. The first-order chi connectivity index (χ1) is 9.65. The molecular formula is C17H33NO2. The first-order valence-corrected chi connectivity index (χ1v) is 8.64. The lowest BCUT2D eigenvalue weighted by atomic mass is 9.74. The lowest BCUT2D eigenvalue weighted by Crippen LogP contribution is -2.49. The molecule has 0 bridgehead atoms. The van der Waals surface area contributed by atoms with Crippen molar-refractivity contribution >= 4 is 0 Å². The van der Waals surface area contributed by atoms with Gasteiger partial charge in [0.1, 0.15) is 0 Å². The molecule has 1 heterocycles. The van der Waals surface area contributed by atoms with Crippen molar-refractivity contribution in [3.05, 3.63) is 0 Å². The summed E-state index contributed by atoms with van der Waals surface area (Å²) in [6.45, 7) is 9.24. The van der Waals surface area contributed by atoms with Crippen molar-refractivity contribution < 1.29 is 9.47 Å². The second-order valence-corrected chi connectivity index (χ2v) is 6.89. The third-order valence-electron chi connectivity index (χ3n) is 4.94. The maximum Gasteiger partial charge on any atom is 0.0685 e. The van der Waals surface area contributed by atoms with Crippen molar-refractivity contribution in [2.75, 3.05) is 19.8 Å². The highest BCUT2D eigenvalue weighted by Crippen LogP contribution is 2.41. The van der Waals surface area contributed by atoms with Gasteiger partial charge in [-0.05, 0) is 52.0 Å². The van der Waals surface area contributed by atoms with Gasteiger partial charge < -0.3 is 14.8 Å². The van der Waals surface area contributed by atoms with Crippen LogP contribution in [0, 0.1) is 5.92 Å². The molecule has 1 aliphatic carbocycles. The van der Waals surface area contributed by atoms with Crippen LogP contribution in [0.5, 0.6) is 0 Å². The van der Waals surface area contributed by atoms with Crippen LogP contribution in [0.3, 0.4) is 0 Å². The summed E-state index contributed by atoms with van der Waals surface area (Å²) in [5.41, 5.74) is 0.201. The Balaban J connectivity index is 1.93. The van der Waals surface area contributed by atoms with E-state index in [4.69, 9.17) is 9.47 Å². The van der Waals surface area contributed by atoms with Gasteiger partial charge in [-0.2, -0.15) is 0 Å². The molecule has 3 nitrogen and oxygen atoms in total. The maximum atomic E-state index is 6.22. The molecule has 2 atom stereocenters. The van der Waals surface area contributed by atoms with E-state index in [2.05, 4.69) is 26.1 Å². The molecule has 0 radical (unpaired) electrons. The molecular weight excluding hydrogens is 250 g/mol. The monoisotopic (exact) mass is 283 g/mol. The van der Waals surface area contributed by atoms with Crippen LogP contribution in [0.4, 0.5) is 0 Å². The third kappa shape index (κ3) is 4.44. The molecule has 0 aromatic rings. The molecule has 20 heavy (non-hydrogen) atoms. The van der Waals surface area contributed by atoms with Crippen LogP contribution in [0.1, 0.15) is 65.7 Å². The highest BCUT2D eigenvalue weighted by atomic mass is 16.5. The SMILES string of the molecule is CCNC(COC(C)C)C1CCOC2(CCCCC2)C1. The van der Waals surface area contributed by atoms with Gasteiger partial charge in [0.25, 0.3) is 0 Å². The molecule has 0 aromatic heterocycles. The highest BCUT2D eigenvalue weighted by Gasteiger charge is 2.40. The normalized spacial score (nSPS) is 27.9. The largest absolute Gasteiger partial charge is 0.377 e. The molecule has 118 valence electrons. The van der Waals surface area contributed by atoms with Gasteiger partial charge in [0.05, 0.1) is 18.3 Å². The zero-order valence-corrected chi connectivity index (χ0v) is 13.6. The Kier molecular flexibility index (Phi) is 6.31. The van der Waals surface area contributed by atoms with Crippen molar-refractivity contribution in [3.8, 4) is 0 Å². The van der Waals surface area contributed by atoms with E-state index >= 15 is 0 Å². The lowest BCUT2D eigenvalue weighted by molar-refractivity contribution is -0.125. The van der Waals surface area contributed by atoms with E-state index in [0.717, 1.165) is 19.8 Å². The van der Waals surface area contributed by atoms with Crippen LogP contribution in [-0.2, 0) is 9.47 Å². The molecule has 2 rings (SSSR count). The van der Waals surface area contributed by atoms with Crippen LogP contribution in [0.15, 0.2) is 0 Å². The molecule has 1 aliphatic heterocycles. The minimum Gasteiger partial charge on any atom is -0.377 e. The molecule has 1 saturated carbocycles. The zero-order valence-electron chi connectivity index (χ0n) is 13.6. The predicted octanol–water partition coefficient (Wildman–Crippen LogP) is 3.52. The van der Waals surface area contributed by atoms with Crippen LogP contribution in [-0.4, -0.2) is 37.5 Å². The van der Waals surface area contributed by atoms with Crippen molar-refractivity contribution in [1.82, 2.24) is 5.32 Å². The fourth-order valence-corrected chi connectivity index (χ4v) is 3.87. The van der Waals surface area contributed by atoms with Gasteiger partial charge in [-0.3, -0.25) is 0 Å². The first-order valence-electron chi connectivity index (χ1n) is 8.64. The topological polar surface area (TPSA) is 30.5 Å². The van der Waals surface area contributed by atoms with Crippen LogP contribution in [0.2, 0.25) is 0 Å². The van der Waals surface area contributed by atoms with Gasteiger partial charge in [0, 0.05) is 12.6 Å². The van der Waals surface area contributed by atoms with E-state index in [0.29, 0.717) is 18.1 Å². The third-order valence-corrected chi connectivity index (χ3v) is 4.94. The summed E-state index contributed by atoms with van der Waals surface area (Å²) in [7, 11) is 0. The van der Waals surface area contributed by atoms with E-state index in [1.807, 2.05) is 0 Å². The average Bonchev–Trinajstić information content (AvgIpc) is 2.44. The van der Waals surface area contributed by atoms with E-state index in [1.165, 1.54) is 44.9 Å². The predicted molar refractivity (Wildman–Crippen MR) is 83.0 cm³/mol. The number of nitrogens with one attached hydrogen (secondary N) is 1. The minimum absolute atomic E-state index is 0.201. The summed E-state index contributed by atoms with van der Waals surface area (Å²) in [6.07, 6.45) is 9.36. The number of likely N-dealkylation sites (N-methyl/N-ethyl adjacent to an activating group) is 1. The Morgan fingerprint density at radius 1 is 1.25 bits per heavy atom. The van der Waals surface area contributed by atoms with Gasteiger partial charge in [0.15, 0.2) is 0 Å². The second-order valence-electron chi connectivity index (χ2n) is 6.89. The van der Waals surface area contributed by atoms with Gasteiger partial charge in [0.2, 0.25) is 0 Å². The lowest BCUT2D eigenvalue weighted by Gasteiger charge is -2.45. The van der Waals surface area contributed by atoms with E-state index in [1.54, 1.807) is 0 Å². The fraction of sp³-hybridized carbons (Fsp3) is 1.00. The van der Waals surface area contributed by atoms with E-state index < -0.39 is 0 Å². The minimum atomic E-state index is 0.201. The Labute approximate surface area is 124 Å². The summed E-state index contributed by atoms with van der Waals surface area (Å²) in [4.78, 5) is 0. The van der Waals surface area contributed by atoms with Crippen molar-refractivity contribution in [2.45, 2.75) is 83.5 Å².